The van der Waals surface area contributed by atoms with Crippen LogP contribution in [0.15, 0.2) is 95.3 Å². The van der Waals surface area contributed by atoms with Gasteiger partial charge in [-0.25, -0.2) is 14.7 Å². The zero-order valence-electron chi connectivity index (χ0n) is 20.8. The summed E-state index contributed by atoms with van der Waals surface area (Å²) in [4.78, 5) is 28.1. The van der Waals surface area contributed by atoms with Crippen molar-refractivity contribution < 1.29 is 4.79 Å². The molecule has 4 aromatic rings. The number of carbonyl (C=O) groups is 1. The van der Waals surface area contributed by atoms with Crippen LogP contribution in [0.1, 0.15) is 23.7 Å². The van der Waals surface area contributed by atoms with E-state index < -0.39 is 0 Å². The molecule has 1 aromatic heterocycles. The molecule has 3 aromatic carbocycles. The van der Waals surface area contributed by atoms with Crippen LogP contribution in [0.5, 0.6) is 0 Å². The second-order valence-electron chi connectivity index (χ2n) is 9.05. The number of aromatic nitrogens is 2. The van der Waals surface area contributed by atoms with Gasteiger partial charge in [0, 0.05) is 36.6 Å². The lowest BCUT2D eigenvalue weighted by Crippen LogP contribution is -2.38. The van der Waals surface area contributed by atoms with E-state index >= 15 is 0 Å². The minimum absolute atomic E-state index is 0.156. The van der Waals surface area contributed by atoms with E-state index in [4.69, 9.17) is 5.73 Å². The molecule has 1 aliphatic rings. The Morgan fingerprint density at radius 1 is 0.806 bits per heavy atom. The normalized spacial score (nSPS) is 17.6. The summed E-state index contributed by atoms with van der Waals surface area (Å²) in [5.41, 5.74) is 11.2. The van der Waals surface area contributed by atoms with E-state index in [9.17, 15) is 9.59 Å². The Kier molecular flexibility index (Phi) is 5.86. The van der Waals surface area contributed by atoms with Gasteiger partial charge in [0.25, 0.3) is 11.5 Å². The number of nitrogens with two attached hydrogens (primary N) is 1. The van der Waals surface area contributed by atoms with Gasteiger partial charge < -0.3 is 5.73 Å². The molecular formula is C29H29N5O2. The van der Waals surface area contributed by atoms with Crippen LogP contribution < -0.4 is 16.3 Å². The molecule has 2 heterocycles. The maximum absolute atomic E-state index is 14.1. The molecule has 2 N–H and O–H groups in total. The van der Waals surface area contributed by atoms with Crippen LogP contribution in [-0.2, 0) is 11.8 Å². The van der Waals surface area contributed by atoms with E-state index in [1.807, 2.05) is 110 Å². The molecule has 0 aliphatic carbocycles. The number of nitrogen functional groups attached to an aromatic ring is 1. The smallest absolute Gasteiger partial charge is 0.279 e. The number of anilines is 2. The third-order valence-corrected chi connectivity index (χ3v) is 6.99. The molecular weight excluding hydrogens is 450 g/mol. The van der Waals surface area contributed by atoms with E-state index in [0.29, 0.717) is 22.4 Å². The summed E-state index contributed by atoms with van der Waals surface area (Å²) in [7, 11) is 3.75. The van der Waals surface area contributed by atoms with Crippen molar-refractivity contribution >= 4 is 22.9 Å². The van der Waals surface area contributed by atoms with Crippen LogP contribution >= 0.6 is 0 Å². The quantitative estimate of drug-likeness (QED) is 0.352. The lowest BCUT2D eigenvalue weighted by Gasteiger charge is -2.25. The Morgan fingerprint density at radius 2 is 1.36 bits per heavy atom. The van der Waals surface area contributed by atoms with E-state index in [-0.39, 0.29) is 17.5 Å². The van der Waals surface area contributed by atoms with Crippen molar-refractivity contribution in [3.63, 3.8) is 0 Å². The molecule has 1 saturated heterocycles. The Balaban J connectivity index is 1.81. The molecule has 1 aliphatic heterocycles. The first kappa shape index (κ1) is 23.4. The van der Waals surface area contributed by atoms with Crippen molar-refractivity contribution in [2.75, 3.05) is 17.8 Å². The summed E-state index contributed by atoms with van der Waals surface area (Å²) in [6.45, 7) is 3.90. The first-order chi connectivity index (χ1) is 17.3. The molecule has 182 valence electrons. The van der Waals surface area contributed by atoms with Gasteiger partial charge in [0.2, 0.25) is 0 Å². The number of benzene rings is 3. The van der Waals surface area contributed by atoms with E-state index in [0.717, 1.165) is 22.6 Å². The van der Waals surface area contributed by atoms with Gasteiger partial charge in [-0.2, -0.15) is 0 Å². The summed E-state index contributed by atoms with van der Waals surface area (Å²) in [5.74, 6) is -0.156. The first-order valence-electron chi connectivity index (χ1n) is 11.9. The summed E-state index contributed by atoms with van der Waals surface area (Å²) in [6.07, 6.45) is 0. The molecule has 0 radical (unpaired) electrons. The van der Waals surface area contributed by atoms with Gasteiger partial charge in [0.15, 0.2) is 0 Å². The summed E-state index contributed by atoms with van der Waals surface area (Å²) < 4.78 is 3.49. The zero-order chi connectivity index (χ0) is 25.6. The molecule has 5 rings (SSSR count). The van der Waals surface area contributed by atoms with Crippen molar-refractivity contribution in [1.82, 2.24) is 14.4 Å². The molecule has 0 bridgehead atoms. The number of para-hydroxylation sites is 2. The summed E-state index contributed by atoms with van der Waals surface area (Å²) in [5, 5.41) is 3.59. The molecule has 1 unspecified atom stereocenters. The Bertz CT molecular complexity index is 1520. The number of amides is 1. The van der Waals surface area contributed by atoms with Gasteiger partial charge in [0.1, 0.15) is 0 Å². The van der Waals surface area contributed by atoms with Crippen LogP contribution in [0.2, 0.25) is 0 Å². The average Bonchev–Trinajstić information content (AvgIpc) is 3.24. The average molecular weight is 480 g/mol. The highest BCUT2D eigenvalue weighted by Gasteiger charge is 2.42. The molecule has 36 heavy (non-hydrogen) atoms. The molecule has 0 saturated carbocycles. The molecule has 0 spiro atoms. The maximum Gasteiger partial charge on any atom is 0.279 e. The third kappa shape index (κ3) is 3.65. The first-order valence-corrected chi connectivity index (χ1v) is 11.9. The number of hydrazine groups is 1. The fourth-order valence-electron chi connectivity index (χ4n) is 4.92. The van der Waals surface area contributed by atoms with Crippen molar-refractivity contribution in [3.05, 3.63) is 118 Å². The monoisotopic (exact) mass is 479 g/mol. The predicted molar refractivity (Wildman–Crippen MR) is 144 cm³/mol. The third-order valence-electron chi connectivity index (χ3n) is 6.99. The number of likely N-dealkylation sites (N-methyl/N-ethyl adjacent to an activating group) is 1. The second kappa shape index (κ2) is 9.02. The molecule has 1 atom stereocenters. The lowest BCUT2D eigenvalue weighted by atomic mass is 9.90. The van der Waals surface area contributed by atoms with Crippen molar-refractivity contribution in [2.45, 2.75) is 19.9 Å². The summed E-state index contributed by atoms with van der Waals surface area (Å²) >= 11 is 0. The Morgan fingerprint density at radius 3 is 1.94 bits per heavy atom. The summed E-state index contributed by atoms with van der Waals surface area (Å²) in [6, 6.07) is 26.1. The van der Waals surface area contributed by atoms with Crippen molar-refractivity contribution in [1.29, 1.82) is 0 Å². The highest BCUT2D eigenvalue weighted by molar-refractivity contribution is 6.15. The van der Waals surface area contributed by atoms with Crippen LogP contribution in [0.3, 0.4) is 0 Å². The SMILES string of the molecule is Cc1c(C(=C2C(=O)N(c3ccccc3)N(C)C2C)c2ccc(N)cc2)c(=O)n(-c2ccccc2)n1C. The largest absolute Gasteiger partial charge is 0.399 e. The highest BCUT2D eigenvalue weighted by Crippen LogP contribution is 2.37. The van der Waals surface area contributed by atoms with Gasteiger partial charge in [0.05, 0.1) is 23.0 Å². The minimum Gasteiger partial charge on any atom is -0.399 e. The minimum atomic E-state index is -0.269. The number of nitrogens with zero attached hydrogens (tertiary/aromatic N) is 4. The van der Waals surface area contributed by atoms with Crippen LogP contribution in [-0.4, -0.2) is 33.4 Å². The topological polar surface area (TPSA) is 76.5 Å². The Labute approximate surface area is 210 Å². The van der Waals surface area contributed by atoms with Crippen molar-refractivity contribution in [3.8, 4) is 5.69 Å². The van der Waals surface area contributed by atoms with Crippen LogP contribution in [0.25, 0.3) is 11.3 Å². The number of hydrogen-bond donors (Lipinski definition) is 1. The van der Waals surface area contributed by atoms with E-state index in [1.54, 1.807) is 21.8 Å². The fraction of sp³-hybridized carbons (Fsp3) is 0.172. The van der Waals surface area contributed by atoms with E-state index in [1.165, 1.54) is 0 Å². The second-order valence-corrected chi connectivity index (χ2v) is 9.05. The number of rotatable bonds is 4. The fourth-order valence-corrected chi connectivity index (χ4v) is 4.92. The van der Waals surface area contributed by atoms with E-state index in [2.05, 4.69) is 0 Å². The lowest BCUT2D eigenvalue weighted by molar-refractivity contribution is -0.115. The van der Waals surface area contributed by atoms with Crippen LogP contribution in [0.4, 0.5) is 11.4 Å². The predicted octanol–water partition coefficient (Wildman–Crippen LogP) is 4.15. The van der Waals surface area contributed by atoms with Crippen molar-refractivity contribution in [2.24, 2.45) is 7.05 Å². The molecule has 1 amide bonds. The van der Waals surface area contributed by atoms with Gasteiger partial charge >= 0.3 is 0 Å². The molecule has 7 nitrogen and oxygen atoms in total. The standard InChI is InChI=1S/C29H29N5O2/c1-19-25(28(35)33(31(19)3)23-11-7-5-8-12-23)27(21-15-17-22(30)18-16-21)26-20(2)32(4)34(29(26)36)24-13-9-6-10-14-24/h5-19H,30H2,1-4H3. The Hall–Kier alpha value is -4.36. The zero-order valence-corrected chi connectivity index (χ0v) is 20.8. The highest BCUT2D eigenvalue weighted by atomic mass is 16.2. The van der Waals surface area contributed by atoms with Gasteiger partial charge in [-0.05, 0) is 55.8 Å². The number of carbonyl (C=O) groups excluding carboxylic acids is 1. The maximum atomic E-state index is 14.1. The number of hydrogen-bond acceptors (Lipinski definition) is 4. The van der Waals surface area contributed by atoms with Gasteiger partial charge in [-0.1, -0.05) is 48.5 Å². The van der Waals surface area contributed by atoms with Gasteiger partial charge in [-0.15, -0.1) is 0 Å². The van der Waals surface area contributed by atoms with Gasteiger partial charge in [-0.3, -0.25) is 14.3 Å². The molecule has 1 fully saturated rings. The van der Waals surface area contributed by atoms with Crippen LogP contribution in [0, 0.1) is 6.92 Å². The molecule has 7 heteroatoms.